The third-order valence-electron chi connectivity index (χ3n) is 4.66. The molecule has 3 rings (SSSR count). The number of H-pyrrole nitrogens is 1. The van der Waals surface area contributed by atoms with E-state index in [9.17, 15) is 14.0 Å². The normalized spacial score (nSPS) is 16.1. The number of nitrogens with one attached hydrogen (secondary N) is 3. The van der Waals surface area contributed by atoms with Gasteiger partial charge in [-0.05, 0) is 30.4 Å². The SMILES string of the molecule is CC1(C)CCN(c2cc(=O)[nH]c(NNC(=O)c3cccc(Cl)c3F)n2)CC1. The first-order valence-electron chi connectivity index (χ1n) is 8.62. The first-order chi connectivity index (χ1) is 12.7. The molecule has 27 heavy (non-hydrogen) atoms. The van der Waals surface area contributed by atoms with Gasteiger partial charge < -0.3 is 4.90 Å². The molecule has 0 aliphatic carbocycles. The molecule has 0 spiro atoms. The van der Waals surface area contributed by atoms with Crippen molar-refractivity contribution in [1.29, 1.82) is 0 Å². The van der Waals surface area contributed by atoms with Crippen LogP contribution >= 0.6 is 11.6 Å². The highest BCUT2D eigenvalue weighted by Crippen LogP contribution is 2.31. The minimum Gasteiger partial charge on any atom is -0.356 e. The minimum atomic E-state index is -0.815. The van der Waals surface area contributed by atoms with Crippen LogP contribution in [0.15, 0.2) is 29.1 Å². The maximum absolute atomic E-state index is 13.9. The standard InChI is InChI=1S/C18H21ClFN5O2/c1-18(2)6-8-25(9-7-18)13-10-14(26)22-17(21-13)24-23-16(27)11-4-3-5-12(19)15(11)20/h3-5,10H,6-9H2,1-2H3,(H,23,27)(H2,21,22,24,26). The zero-order valence-corrected chi connectivity index (χ0v) is 15.9. The van der Waals surface area contributed by atoms with Crippen LogP contribution in [-0.4, -0.2) is 29.0 Å². The smallest absolute Gasteiger partial charge is 0.272 e. The van der Waals surface area contributed by atoms with Gasteiger partial charge in [-0.15, -0.1) is 0 Å². The number of hydrogen-bond donors (Lipinski definition) is 3. The van der Waals surface area contributed by atoms with Gasteiger partial charge in [0, 0.05) is 19.2 Å². The molecule has 1 fully saturated rings. The molecule has 2 heterocycles. The fraction of sp³-hybridized carbons (Fsp3) is 0.389. The van der Waals surface area contributed by atoms with E-state index < -0.39 is 11.7 Å². The lowest BCUT2D eigenvalue weighted by atomic mass is 9.83. The van der Waals surface area contributed by atoms with Crippen LogP contribution in [0.1, 0.15) is 37.0 Å². The maximum atomic E-state index is 13.9. The summed E-state index contributed by atoms with van der Waals surface area (Å²) in [4.78, 5) is 32.9. The third-order valence-corrected chi connectivity index (χ3v) is 4.95. The van der Waals surface area contributed by atoms with E-state index in [1.54, 1.807) is 0 Å². The summed E-state index contributed by atoms with van der Waals surface area (Å²) < 4.78 is 13.9. The summed E-state index contributed by atoms with van der Waals surface area (Å²) in [6, 6.07) is 5.55. The number of aromatic amines is 1. The second-order valence-corrected chi connectivity index (χ2v) is 7.69. The van der Waals surface area contributed by atoms with Crippen LogP contribution in [0, 0.1) is 11.2 Å². The van der Waals surface area contributed by atoms with E-state index in [-0.39, 0.29) is 27.5 Å². The number of aromatic nitrogens is 2. The van der Waals surface area contributed by atoms with Crippen LogP contribution in [0.2, 0.25) is 5.02 Å². The Morgan fingerprint density at radius 3 is 2.74 bits per heavy atom. The number of piperidine rings is 1. The number of hydrazine groups is 1. The molecule has 0 atom stereocenters. The second-order valence-electron chi connectivity index (χ2n) is 7.28. The third kappa shape index (κ3) is 4.57. The minimum absolute atomic E-state index is 0.0677. The Kier molecular flexibility index (Phi) is 5.36. The average molecular weight is 394 g/mol. The molecule has 1 saturated heterocycles. The lowest BCUT2D eigenvalue weighted by Crippen LogP contribution is -2.39. The van der Waals surface area contributed by atoms with E-state index in [0.29, 0.717) is 5.82 Å². The van der Waals surface area contributed by atoms with Gasteiger partial charge in [0.15, 0.2) is 5.82 Å². The molecule has 1 aromatic carbocycles. The molecule has 1 aliphatic heterocycles. The van der Waals surface area contributed by atoms with E-state index in [4.69, 9.17) is 11.6 Å². The fourth-order valence-electron chi connectivity index (χ4n) is 2.87. The van der Waals surface area contributed by atoms with E-state index in [1.165, 1.54) is 24.3 Å². The highest BCUT2D eigenvalue weighted by atomic mass is 35.5. The van der Waals surface area contributed by atoms with E-state index in [0.717, 1.165) is 25.9 Å². The second kappa shape index (κ2) is 7.56. The highest BCUT2D eigenvalue weighted by molar-refractivity contribution is 6.31. The molecular formula is C18H21ClFN5O2. The molecule has 0 saturated carbocycles. The molecule has 144 valence electrons. The zero-order chi connectivity index (χ0) is 19.6. The number of rotatable bonds is 4. The van der Waals surface area contributed by atoms with Gasteiger partial charge in [0.25, 0.3) is 11.5 Å². The van der Waals surface area contributed by atoms with Crippen molar-refractivity contribution < 1.29 is 9.18 Å². The van der Waals surface area contributed by atoms with Crippen molar-refractivity contribution in [3.63, 3.8) is 0 Å². The Bertz CT molecular complexity index is 905. The predicted molar refractivity (Wildman–Crippen MR) is 103 cm³/mol. The van der Waals surface area contributed by atoms with Gasteiger partial charge in [0.05, 0.1) is 10.6 Å². The lowest BCUT2D eigenvalue weighted by Gasteiger charge is -2.37. The monoisotopic (exact) mass is 393 g/mol. The summed E-state index contributed by atoms with van der Waals surface area (Å²) in [5, 5.41) is -0.149. The maximum Gasteiger partial charge on any atom is 0.272 e. The first kappa shape index (κ1) is 19.2. The molecule has 1 amide bonds. The van der Waals surface area contributed by atoms with E-state index in [2.05, 4.69) is 34.7 Å². The topological polar surface area (TPSA) is 90.1 Å². The van der Waals surface area contributed by atoms with Gasteiger partial charge >= 0.3 is 0 Å². The van der Waals surface area contributed by atoms with E-state index >= 15 is 0 Å². The summed E-state index contributed by atoms with van der Waals surface area (Å²) in [5.41, 5.74) is 4.54. The van der Waals surface area contributed by atoms with Crippen LogP contribution in [-0.2, 0) is 0 Å². The molecule has 0 unspecified atom stereocenters. The Morgan fingerprint density at radius 2 is 2.04 bits per heavy atom. The Balaban J connectivity index is 1.71. The van der Waals surface area contributed by atoms with Crippen LogP contribution in [0.3, 0.4) is 0 Å². The summed E-state index contributed by atoms with van der Waals surface area (Å²) in [7, 11) is 0. The molecule has 3 N–H and O–H groups in total. The van der Waals surface area contributed by atoms with Crippen molar-refractivity contribution >= 4 is 29.3 Å². The van der Waals surface area contributed by atoms with Crippen molar-refractivity contribution in [2.45, 2.75) is 26.7 Å². The number of halogens is 2. The van der Waals surface area contributed by atoms with Crippen molar-refractivity contribution in [1.82, 2.24) is 15.4 Å². The molecule has 1 aliphatic rings. The molecule has 7 nitrogen and oxygen atoms in total. The molecule has 0 bridgehead atoms. The average Bonchev–Trinajstić information content (AvgIpc) is 2.61. The van der Waals surface area contributed by atoms with Gasteiger partial charge in [-0.1, -0.05) is 31.5 Å². The van der Waals surface area contributed by atoms with Crippen LogP contribution < -0.4 is 21.3 Å². The number of anilines is 2. The van der Waals surface area contributed by atoms with Crippen LogP contribution in [0.4, 0.5) is 16.2 Å². The van der Waals surface area contributed by atoms with Crippen molar-refractivity contribution in [2.24, 2.45) is 5.41 Å². The van der Waals surface area contributed by atoms with E-state index in [1.807, 2.05) is 4.90 Å². The molecule has 9 heteroatoms. The van der Waals surface area contributed by atoms with Crippen molar-refractivity contribution in [3.8, 4) is 0 Å². The van der Waals surface area contributed by atoms with Gasteiger partial charge in [-0.25, -0.2) is 4.39 Å². The first-order valence-corrected chi connectivity index (χ1v) is 9.00. The lowest BCUT2D eigenvalue weighted by molar-refractivity contribution is 0.0958. The highest BCUT2D eigenvalue weighted by Gasteiger charge is 2.26. The number of amides is 1. The molecular weight excluding hydrogens is 373 g/mol. The number of carbonyl (C=O) groups excluding carboxylic acids is 1. The summed E-state index contributed by atoms with van der Waals surface area (Å²) in [6.07, 6.45) is 1.99. The summed E-state index contributed by atoms with van der Waals surface area (Å²) >= 11 is 5.68. The summed E-state index contributed by atoms with van der Waals surface area (Å²) in [6.45, 7) is 6.02. The van der Waals surface area contributed by atoms with Crippen molar-refractivity contribution in [3.05, 3.63) is 51.0 Å². The zero-order valence-electron chi connectivity index (χ0n) is 15.1. The van der Waals surface area contributed by atoms with Gasteiger partial charge in [-0.3, -0.25) is 25.4 Å². The number of carbonyl (C=O) groups is 1. The Hall–Kier alpha value is -2.61. The van der Waals surface area contributed by atoms with Gasteiger partial charge in [-0.2, -0.15) is 4.98 Å². The predicted octanol–water partition coefficient (Wildman–Crippen LogP) is 2.95. The van der Waals surface area contributed by atoms with Crippen LogP contribution in [0.25, 0.3) is 0 Å². The van der Waals surface area contributed by atoms with Gasteiger partial charge in [0.2, 0.25) is 5.95 Å². The number of nitrogens with zero attached hydrogens (tertiary/aromatic N) is 2. The molecule has 0 radical (unpaired) electrons. The quantitative estimate of drug-likeness (QED) is 0.695. The number of hydrogen-bond acceptors (Lipinski definition) is 5. The van der Waals surface area contributed by atoms with Crippen molar-refractivity contribution in [2.75, 3.05) is 23.4 Å². The Morgan fingerprint density at radius 1 is 1.33 bits per heavy atom. The summed E-state index contributed by atoms with van der Waals surface area (Å²) in [5.74, 6) is -0.953. The Labute approximate surface area is 160 Å². The number of benzene rings is 1. The molecule has 2 aromatic rings. The van der Waals surface area contributed by atoms with Gasteiger partial charge in [0.1, 0.15) is 5.82 Å². The van der Waals surface area contributed by atoms with Crippen LogP contribution in [0.5, 0.6) is 0 Å². The largest absolute Gasteiger partial charge is 0.356 e. The fourth-order valence-corrected chi connectivity index (χ4v) is 3.04. The molecule has 1 aromatic heterocycles.